The van der Waals surface area contributed by atoms with Gasteiger partial charge in [-0.1, -0.05) is 6.92 Å². The predicted octanol–water partition coefficient (Wildman–Crippen LogP) is 1.47. The van der Waals surface area contributed by atoms with Crippen LogP contribution >= 0.6 is 0 Å². The Bertz CT molecular complexity index is 139. The minimum Gasteiger partial charge on any atom is -0.311 e. The van der Waals surface area contributed by atoms with Crippen molar-refractivity contribution in [2.24, 2.45) is 0 Å². The Kier molecular flexibility index (Phi) is 3.13. The first-order chi connectivity index (χ1) is 5.55. The highest BCUT2D eigenvalue weighted by Crippen LogP contribution is 2.26. The molecule has 1 aliphatic rings. The Morgan fingerprint density at radius 1 is 1.42 bits per heavy atom. The standard InChI is InChI=1S/C10H22N2/c1-5-11-10(2,3)8-12(4)9-6-7-9/h9,11H,5-8H2,1-4H3. The van der Waals surface area contributed by atoms with Gasteiger partial charge in [0, 0.05) is 18.1 Å². The zero-order valence-corrected chi connectivity index (χ0v) is 8.85. The first kappa shape index (κ1) is 10.0. The average molecular weight is 170 g/mol. The van der Waals surface area contributed by atoms with Gasteiger partial charge in [0.2, 0.25) is 0 Å². The Labute approximate surface area is 76.3 Å². The summed E-state index contributed by atoms with van der Waals surface area (Å²) in [7, 11) is 2.23. The van der Waals surface area contributed by atoms with Crippen molar-refractivity contribution in [2.45, 2.75) is 45.2 Å². The highest BCUT2D eigenvalue weighted by molar-refractivity contribution is 4.88. The van der Waals surface area contributed by atoms with Crippen LogP contribution in [0.4, 0.5) is 0 Å². The molecule has 0 amide bonds. The molecule has 0 saturated heterocycles. The maximum atomic E-state index is 3.49. The zero-order valence-electron chi connectivity index (χ0n) is 8.85. The van der Waals surface area contributed by atoms with E-state index in [0.717, 1.165) is 19.1 Å². The van der Waals surface area contributed by atoms with Gasteiger partial charge in [0.1, 0.15) is 0 Å². The van der Waals surface area contributed by atoms with Crippen molar-refractivity contribution in [1.29, 1.82) is 0 Å². The quantitative estimate of drug-likeness (QED) is 0.672. The lowest BCUT2D eigenvalue weighted by atomic mass is 10.1. The van der Waals surface area contributed by atoms with Gasteiger partial charge in [-0.25, -0.2) is 0 Å². The first-order valence-corrected chi connectivity index (χ1v) is 5.00. The summed E-state index contributed by atoms with van der Waals surface area (Å²) in [5, 5.41) is 3.49. The van der Waals surface area contributed by atoms with E-state index in [1.807, 2.05) is 0 Å². The van der Waals surface area contributed by atoms with Crippen LogP contribution in [0.15, 0.2) is 0 Å². The summed E-state index contributed by atoms with van der Waals surface area (Å²) in [6, 6.07) is 0.878. The van der Waals surface area contributed by atoms with Crippen LogP contribution in [0.5, 0.6) is 0 Å². The van der Waals surface area contributed by atoms with E-state index in [1.54, 1.807) is 0 Å². The third-order valence-electron chi connectivity index (χ3n) is 2.47. The van der Waals surface area contributed by atoms with Crippen LogP contribution in [0.25, 0.3) is 0 Å². The van der Waals surface area contributed by atoms with Gasteiger partial charge < -0.3 is 10.2 Å². The van der Waals surface area contributed by atoms with Crippen molar-refractivity contribution in [3.63, 3.8) is 0 Å². The SMILES string of the molecule is CCNC(C)(C)CN(C)C1CC1. The maximum absolute atomic E-state index is 3.49. The lowest BCUT2D eigenvalue weighted by Crippen LogP contribution is -2.48. The van der Waals surface area contributed by atoms with Gasteiger partial charge in [0.25, 0.3) is 0 Å². The molecule has 1 aliphatic carbocycles. The van der Waals surface area contributed by atoms with E-state index in [-0.39, 0.29) is 5.54 Å². The predicted molar refractivity (Wildman–Crippen MR) is 53.4 cm³/mol. The van der Waals surface area contributed by atoms with Gasteiger partial charge in [-0.2, -0.15) is 0 Å². The molecule has 0 bridgehead atoms. The first-order valence-electron chi connectivity index (χ1n) is 5.00. The van der Waals surface area contributed by atoms with Crippen molar-refractivity contribution in [3.8, 4) is 0 Å². The molecule has 0 spiro atoms. The fourth-order valence-corrected chi connectivity index (χ4v) is 1.80. The van der Waals surface area contributed by atoms with Gasteiger partial charge in [0.05, 0.1) is 0 Å². The summed E-state index contributed by atoms with van der Waals surface area (Å²) in [5.74, 6) is 0. The molecule has 72 valence electrons. The van der Waals surface area contributed by atoms with Gasteiger partial charge in [0.15, 0.2) is 0 Å². The van der Waals surface area contributed by atoms with Gasteiger partial charge in [-0.3, -0.25) is 0 Å². The minimum atomic E-state index is 0.270. The van der Waals surface area contributed by atoms with E-state index in [4.69, 9.17) is 0 Å². The molecule has 1 saturated carbocycles. The zero-order chi connectivity index (χ0) is 9.19. The summed E-state index contributed by atoms with van der Waals surface area (Å²) in [6.45, 7) is 8.93. The highest BCUT2D eigenvalue weighted by Gasteiger charge is 2.29. The Hall–Kier alpha value is -0.0800. The second kappa shape index (κ2) is 3.75. The molecule has 0 aromatic carbocycles. The highest BCUT2D eigenvalue weighted by atomic mass is 15.2. The minimum absolute atomic E-state index is 0.270. The van der Waals surface area contributed by atoms with E-state index < -0.39 is 0 Å². The van der Waals surface area contributed by atoms with Crippen molar-refractivity contribution >= 4 is 0 Å². The molecule has 0 heterocycles. The maximum Gasteiger partial charge on any atom is 0.0252 e. The summed E-state index contributed by atoms with van der Waals surface area (Å²) in [5.41, 5.74) is 0.270. The molecule has 0 radical (unpaired) electrons. The number of nitrogens with one attached hydrogen (secondary N) is 1. The van der Waals surface area contributed by atoms with Crippen molar-refractivity contribution in [1.82, 2.24) is 10.2 Å². The second-order valence-electron chi connectivity index (χ2n) is 4.56. The molecule has 1 N–H and O–H groups in total. The van der Waals surface area contributed by atoms with Gasteiger partial charge >= 0.3 is 0 Å². The van der Waals surface area contributed by atoms with Crippen LogP contribution < -0.4 is 5.32 Å². The fourth-order valence-electron chi connectivity index (χ4n) is 1.80. The van der Waals surface area contributed by atoms with Crippen LogP contribution in [0.1, 0.15) is 33.6 Å². The Balaban J connectivity index is 2.26. The Morgan fingerprint density at radius 3 is 2.42 bits per heavy atom. The van der Waals surface area contributed by atoms with Crippen LogP contribution in [0.2, 0.25) is 0 Å². The van der Waals surface area contributed by atoms with E-state index in [2.05, 4.69) is 38.0 Å². The number of hydrogen-bond acceptors (Lipinski definition) is 2. The molecular weight excluding hydrogens is 148 g/mol. The third kappa shape index (κ3) is 3.11. The topological polar surface area (TPSA) is 15.3 Å². The van der Waals surface area contributed by atoms with Crippen LogP contribution in [0, 0.1) is 0 Å². The molecule has 0 unspecified atom stereocenters. The third-order valence-corrected chi connectivity index (χ3v) is 2.47. The van der Waals surface area contributed by atoms with Crippen LogP contribution in [0.3, 0.4) is 0 Å². The number of likely N-dealkylation sites (N-methyl/N-ethyl adjacent to an activating group) is 2. The summed E-state index contributed by atoms with van der Waals surface area (Å²) < 4.78 is 0. The molecule has 1 rings (SSSR count). The van der Waals surface area contributed by atoms with E-state index in [9.17, 15) is 0 Å². The molecule has 0 aromatic heterocycles. The van der Waals surface area contributed by atoms with Crippen LogP contribution in [-0.2, 0) is 0 Å². The smallest absolute Gasteiger partial charge is 0.0252 e. The number of nitrogens with zero attached hydrogens (tertiary/aromatic N) is 1. The summed E-state index contributed by atoms with van der Waals surface area (Å²) in [6.07, 6.45) is 2.80. The molecule has 1 fully saturated rings. The van der Waals surface area contributed by atoms with Crippen molar-refractivity contribution in [3.05, 3.63) is 0 Å². The largest absolute Gasteiger partial charge is 0.311 e. The molecule has 0 aliphatic heterocycles. The molecule has 12 heavy (non-hydrogen) atoms. The van der Waals surface area contributed by atoms with Gasteiger partial charge in [-0.15, -0.1) is 0 Å². The number of rotatable bonds is 5. The molecule has 0 aromatic rings. The Morgan fingerprint density at radius 2 is 2.00 bits per heavy atom. The summed E-state index contributed by atoms with van der Waals surface area (Å²) >= 11 is 0. The van der Waals surface area contributed by atoms with Crippen molar-refractivity contribution < 1.29 is 0 Å². The van der Waals surface area contributed by atoms with E-state index in [0.29, 0.717) is 0 Å². The molecule has 0 atom stereocenters. The average Bonchev–Trinajstić information content (AvgIpc) is 2.65. The lowest BCUT2D eigenvalue weighted by Gasteiger charge is -2.31. The van der Waals surface area contributed by atoms with Crippen LogP contribution in [-0.4, -0.2) is 36.6 Å². The molecular formula is C10H22N2. The normalized spacial score (nSPS) is 18.8. The lowest BCUT2D eigenvalue weighted by molar-refractivity contribution is 0.230. The summed E-state index contributed by atoms with van der Waals surface area (Å²) in [4.78, 5) is 2.47. The molecule has 2 nitrogen and oxygen atoms in total. The van der Waals surface area contributed by atoms with Gasteiger partial charge in [-0.05, 0) is 40.3 Å². The molecule has 2 heteroatoms. The number of hydrogen-bond donors (Lipinski definition) is 1. The van der Waals surface area contributed by atoms with E-state index in [1.165, 1.54) is 12.8 Å². The van der Waals surface area contributed by atoms with Crippen molar-refractivity contribution in [2.75, 3.05) is 20.1 Å². The fraction of sp³-hybridized carbons (Fsp3) is 1.00. The second-order valence-corrected chi connectivity index (χ2v) is 4.56. The monoisotopic (exact) mass is 170 g/mol. The van der Waals surface area contributed by atoms with E-state index >= 15 is 0 Å².